The molecule has 1 heterocycles. The van der Waals surface area contributed by atoms with Gasteiger partial charge in [0.1, 0.15) is 5.75 Å². The number of Topliss-reactive ketones (excluding diaryl/α,β-unsaturated/α-hetero) is 2. The molecule has 0 aliphatic heterocycles. The standard InChI is InChI=1S/C22H16N2O3/c1-27-16-11-9-15(10-12-16)23-19-20(24-13-5-2-6-14-24)22(26)18-8-4-3-7-17(18)21(19)25/h2-14H,1H3/p+1. The van der Waals surface area contributed by atoms with Crippen molar-refractivity contribution in [1.82, 2.24) is 0 Å². The molecule has 1 N–H and O–H groups in total. The number of allylic oxidation sites excluding steroid dienone is 2. The Bertz CT molecular complexity index is 1050. The first kappa shape index (κ1) is 16.7. The summed E-state index contributed by atoms with van der Waals surface area (Å²) in [4.78, 5) is 26.3. The highest BCUT2D eigenvalue weighted by Gasteiger charge is 2.38. The van der Waals surface area contributed by atoms with Crippen LogP contribution in [0.2, 0.25) is 0 Å². The number of carbonyl (C=O) groups is 2. The number of pyridine rings is 1. The minimum atomic E-state index is -0.215. The van der Waals surface area contributed by atoms with Crippen molar-refractivity contribution in [3.63, 3.8) is 0 Å². The van der Waals surface area contributed by atoms with E-state index in [-0.39, 0.29) is 17.3 Å². The Balaban J connectivity index is 1.86. The van der Waals surface area contributed by atoms with Crippen LogP contribution in [-0.2, 0) is 0 Å². The number of ketones is 2. The predicted octanol–water partition coefficient (Wildman–Crippen LogP) is 3.34. The molecule has 5 heteroatoms. The molecule has 132 valence electrons. The van der Waals surface area contributed by atoms with Gasteiger partial charge in [0, 0.05) is 28.9 Å². The molecular formula is C22H17N2O3+. The number of rotatable bonds is 4. The highest BCUT2D eigenvalue weighted by atomic mass is 16.5. The molecule has 4 rings (SSSR count). The smallest absolute Gasteiger partial charge is 0.286 e. The van der Waals surface area contributed by atoms with Gasteiger partial charge in [0.25, 0.3) is 11.5 Å². The molecule has 1 aliphatic carbocycles. The Morgan fingerprint density at radius 3 is 2.04 bits per heavy atom. The third kappa shape index (κ3) is 3.00. The van der Waals surface area contributed by atoms with Crippen LogP contribution in [0, 0.1) is 0 Å². The van der Waals surface area contributed by atoms with Crippen molar-refractivity contribution in [3.8, 4) is 5.75 Å². The lowest BCUT2D eigenvalue weighted by molar-refractivity contribution is -0.577. The largest absolute Gasteiger partial charge is 0.497 e. The van der Waals surface area contributed by atoms with E-state index in [9.17, 15) is 9.59 Å². The Hall–Kier alpha value is -3.73. The Morgan fingerprint density at radius 2 is 1.41 bits per heavy atom. The van der Waals surface area contributed by atoms with Crippen LogP contribution in [0.1, 0.15) is 20.7 Å². The summed E-state index contributed by atoms with van der Waals surface area (Å²) in [7, 11) is 1.59. The molecule has 0 saturated carbocycles. The van der Waals surface area contributed by atoms with Crippen molar-refractivity contribution in [2.45, 2.75) is 0 Å². The summed E-state index contributed by atoms with van der Waals surface area (Å²) in [6.45, 7) is 0. The molecule has 5 nitrogen and oxygen atoms in total. The molecule has 27 heavy (non-hydrogen) atoms. The summed E-state index contributed by atoms with van der Waals surface area (Å²) >= 11 is 0. The second-order valence-corrected chi connectivity index (χ2v) is 6.06. The van der Waals surface area contributed by atoms with Gasteiger partial charge < -0.3 is 10.1 Å². The lowest BCUT2D eigenvalue weighted by Crippen LogP contribution is -2.41. The molecule has 1 aliphatic rings. The van der Waals surface area contributed by atoms with Gasteiger partial charge in [0.15, 0.2) is 18.1 Å². The molecule has 0 unspecified atom stereocenters. The number of carbonyl (C=O) groups excluding carboxylic acids is 2. The van der Waals surface area contributed by atoms with E-state index in [1.54, 1.807) is 72.6 Å². The number of nitrogens with zero attached hydrogens (tertiary/aromatic N) is 1. The number of aromatic nitrogens is 1. The Kier molecular flexibility index (Phi) is 4.26. The first-order valence-corrected chi connectivity index (χ1v) is 8.49. The van der Waals surface area contributed by atoms with Crippen LogP contribution >= 0.6 is 0 Å². The molecule has 0 bridgehead atoms. The molecule has 0 radical (unpaired) electrons. The second-order valence-electron chi connectivity index (χ2n) is 6.06. The van der Waals surface area contributed by atoms with Crippen LogP contribution in [0.5, 0.6) is 5.75 Å². The van der Waals surface area contributed by atoms with Crippen LogP contribution in [0.15, 0.2) is 84.8 Å². The highest BCUT2D eigenvalue weighted by molar-refractivity contribution is 6.36. The van der Waals surface area contributed by atoms with Gasteiger partial charge in [0.05, 0.1) is 7.11 Å². The number of hydrogen-bond acceptors (Lipinski definition) is 4. The van der Waals surface area contributed by atoms with Crippen LogP contribution in [-0.4, -0.2) is 18.7 Å². The molecule has 0 atom stereocenters. The molecule has 0 saturated heterocycles. The molecule has 1 aromatic heterocycles. The number of nitrogens with one attached hydrogen (secondary N) is 1. The SMILES string of the molecule is COc1ccc(NC2=C([n+]3ccccc3)C(=O)c3ccccc3C2=O)cc1. The van der Waals surface area contributed by atoms with E-state index in [1.807, 2.05) is 18.2 Å². The topological polar surface area (TPSA) is 59.3 Å². The van der Waals surface area contributed by atoms with Gasteiger partial charge in [-0.15, -0.1) is 0 Å². The Labute approximate surface area is 156 Å². The second kappa shape index (κ2) is 6.88. The summed E-state index contributed by atoms with van der Waals surface area (Å²) in [6.07, 6.45) is 3.51. The van der Waals surface area contributed by atoms with E-state index >= 15 is 0 Å². The maximum Gasteiger partial charge on any atom is 0.286 e. The maximum atomic E-state index is 13.2. The van der Waals surface area contributed by atoms with E-state index in [0.29, 0.717) is 28.3 Å². The molecule has 0 amide bonds. The average Bonchev–Trinajstić information content (AvgIpc) is 2.73. The zero-order valence-electron chi connectivity index (χ0n) is 14.7. The van der Waals surface area contributed by atoms with Gasteiger partial charge in [-0.3, -0.25) is 9.59 Å². The van der Waals surface area contributed by atoms with Gasteiger partial charge in [-0.1, -0.05) is 30.3 Å². The number of benzene rings is 2. The van der Waals surface area contributed by atoms with Crippen molar-refractivity contribution in [1.29, 1.82) is 0 Å². The zero-order valence-corrected chi connectivity index (χ0v) is 14.7. The van der Waals surface area contributed by atoms with Gasteiger partial charge in [-0.2, -0.15) is 4.57 Å². The van der Waals surface area contributed by atoms with Crippen molar-refractivity contribution in [3.05, 3.63) is 95.9 Å². The normalized spacial score (nSPS) is 13.4. The third-order valence-corrected chi connectivity index (χ3v) is 4.43. The summed E-state index contributed by atoms with van der Waals surface area (Å²) in [5.41, 5.74) is 2.06. The average molecular weight is 357 g/mol. The highest BCUT2D eigenvalue weighted by Crippen LogP contribution is 2.28. The first-order chi connectivity index (χ1) is 13.2. The van der Waals surface area contributed by atoms with Crippen LogP contribution < -0.4 is 14.6 Å². The lowest BCUT2D eigenvalue weighted by Gasteiger charge is -2.18. The summed E-state index contributed by atoms with van der Waals surface area (Å²) < 4.78 is 6.84. The van der Waals surface area contributed by atoms with Gasteiger partial charge in [-0.05, 0) is 24.3 Å². The lowest BCUT2D eigenvalue weighted by atomic mass is 9.90. The van der Waals surface area contributed by atoms with E-state index in [1.165, 1.54) is 0 Å². The fourth-order valence-electron chi connectivity index (χ4n) is 3.09. The molecule has 3 aromatic rings. The Morgan fingerprint density at radius 1 is 0.778 bits per heavy atom. The summed E-state index contributed by atoms with van der Waals surface area (Å²) in [5.74, 6) is 0.299. The number of methoxy groups -OCH3 is 1. The molecule has 0 spiro atoms. The predicted molar refractivity (Wildman–Crippen MR) is 102 cm³/mol. The summed E-state index contributed by atoms with van der Waals surface area (Å²) in [5, 5.41) is 3.13. The van der Waals surface area contributed by atoms with Crippen molar-refractivity contribution >= 4 is 23.0 Å². The van der Waals surface area contributed by atoms with E-state index in [0.717, 1.165) is 0 Å². The monoisotopic (exact) mass is 357 g/mol. The summed E-state index contributed by atoms with van der Waals surface area (Å²) in [6, 6.07) is 19.6. The van der Waals surface area contributed by atoms with Crippen molar-refractivity contribution < 1.29 is 18.9 Å². The minimum Gasteiger partial charge on any atom is -0.497 e. The van der Waals surface area contributed by atoms with Crippen LogP contribution in [0.3, 0.4) is 0 Å². The van der Waals surface area contributed by atoms with Gasteiger partial charge in [0.2, 0.25) is 5.78 Å². The van der Waals surface area contributed by atoms with Gasteiger partial charge >= 0.3 is 0 Å². The molecule has 0 fully saturated rings. The van der Waals surface area contributed by atoms with E-state index < -0.39 is 0 Å². The van der Waals surface area contributed by atoms with Crippen molar-refractivity contribution in [2.24, 2.45) is 0 Å². The van der Waals surface area contributed by atoms with Crippen LogP contribution in [0.4, 0.5) is 5.69 Å². The fourth-order valence-corrected chi connectivity index (χ4v) is 3.09. The molecule has 2 aromatic carbocycles. The maximum absolute atomic E-state index is 13.2. The number of hydrogen-bond donors (Lipinski definition) is 1. The third-order valence-electron chi connectivity index (χ3n) is 4.43. The van der Waals surface area contributed by atoms with Gasteiger partial charge in [-0.25, -0.2) is 0 Å². The van der Waals surface area contributed by atoms with E-state index in [2.05, 4.69) is 5.32 Å². The fraction of sp³-hybridized carbons (Fsp3) is 0.0455. The van der Waals surface area contributed by atoms with Crippen molar-refractivity contribution in [2.75, 3.05) is 12.4 Å². The first-order valence-electron chi connectivity index (χ1n) is 8.49. The number of anilines is 1. The number of ether oxygens (including phenoxy) is 1. The number of fused-ring (bicyclic) bond motifs is 1. The quantitative estimate of drug-likeness (QED) is 0.728. The molecular weight excluding hydrogens is 340 g/mol. The zero-order chi connectivity index (χ0) is 18.8. The van der Waals surface area contributed by atoms with Crippen LogP contribution in [0.25, 0.3) is 5.70 Å². The minimum absolute atomic E-state index is 0.197. The van der Waals surface area contributed by atoms with E-state index in [4.69, 9.17) is 4.74 Å².